The normalized spacial score (nSPS) is 14.8. The Hall–Kier alpha value is -2.66. The van der Waals surface area contributed by atoms with E-state index >= 15 is 0 Å². The van der Waals surface area contributed by atoms with Crippen molar-refractivity contribution in [3.8, 4) is 0 Å². The molecule has 0 aliphatic heterocycles. The molecular weight excluding hydrogens is 386 g/mol. The van der Waals surface area contributed by atoms with Gasteiger partial charge in [-0.05, 0) is 38.0 Å². The molecule has 0 bridgehead atoms. The first kappa shape index (κ1) is 19.6. The van der Waals surface area contributed by atoms with E-state index in [0.29, 0.717) is 40.1 Å². The predicted molar refractivity (Wildman–Crippen MR) is 114 cm³/mol. The van der Waals surface area contributed by atoms with E-state index in [9.17, 15) is 9.59 Å². The van der Waals surface area contributed by atoms with Gasteiger partial charge in [-0.25, -0.2) is 4.98 Å². The second kappa shape index (κ2) is 8.37. The third-order valence-corrected chi connectivity index (χ3v) is 5.95. The van der Waals surface area contributed by atoms with Gasteiger partial charge >= 0.3 is 0 Å². The van der Waals surface area contributed by atoms with Crippen molar-refractivity contribution in [1.29, 1.82) is 0 Å². The van der Waals surface area contributed by atoms with Gasteiger partial charge in [0, 0.05) is 41.0 Å². The minimum atomic E-state index is -0.140. The molecule has 4 rings (SSSR count). The lowest BCUT2D eigenvalue weighted by molar-refractivity contribution is 0.0647. The van der Waals surface area contributed by atoms with Gasteiger partial charge in [-0.1, -0.05) is 43.0 Å². The fraction of sp³-hybridized carbons (Fsp3) is 0.348. The number of halogens is 1. The van der Waals surface area contributed by atoms with Gasteiger partial charge in [0.05, 0.1) is 6.20 Å². The lowest BCUT2D eigenvalue weighted by Gasteiger charge is -2.33. The van der Waals surface area contributed by atoms with Gasteiger partial charge in [0.2, 0.25) is 5.78 Å². The number of fused-ring (bicyclic) bond motifs is 1. The van der Waals surface area contributed by atoms with Crippen molar-refractivity contribution in [2.45, 2.75) is 45.1 Å². The molecule has 150 valence electrons. The SMILES string of the molecule is CCN(C(=O)c1ccc(C(=O)c2cnc3cc(Cl)ccn23)cc1)C1CCCCC1. The largest absolute Gasteiger partial charge is 0.336 e. The van der Waals surface area contributed by atoms with Crippen LogP contribution < -0.4 is 0 Å². The van der Waals surface area contributed by atoms with Crippen molar-refractivity contribution in [1.82, 2.24) is 14.3 Å². The molecule has 1 aromatic carbocycles. The number of aromatic nitrogens is 2. The van der Waals surface area contributed by atoms with E-state index in [1.54, 1.807) is 53.2 Å². The fourth-order valence-electron chi connectivity index (χ4n) is 4.16. The Morgan fingerprint density at radius 3 is 2.48 bits per heavy atom. The van der Waals surface area contributed by atoms with Gasteiger partial charge in [-0.3, -0.25) is 14.0 Å². The number of nitrogens with zero attached hydrogens (tertiary/aromatic N) is 3. The number of rotatable bonds is 5. The summed E-state index contributed by atoms with van der Waals surface area (Å²) in [6.45, 7) is 2.73. The molecule has 0 spiro atoms. The average Bonchev–Trinajstić information content (AvgIpc) is 3.17. The summed E-state index contributed by atoms with van der Waals surface area (Å²) in [4.78, 5) is 32.2. The Labute approximate surface area is 175 Å². The Bertz CT molecular complexity index is 1040. The van der Waals surface area contributed by atoms with Crippen LogP contribution >= 0.6 is 11.6 Å². The fourth-order valence-corrected chi connectivity index (χ4v) is 4.32. The number of amides is 1. The van der Waals surface area contributed by atoms with Crippen LogP contribution in [0, 0.1) is 0 Å². The van der Waals surface area contributed by atoms with E-state index in [2.05, 4.69) is 4.98 Å². The maximum atomic E-state index is 13.0. The van der Waals surface area contributed by atoms with Gasteiger partial charge in [0.15, 0.2) is 0 Å². The summed E-state index contributed by atoms with van der Waals surface area (Å²) in [5.41, 5.74) is 2.24. The molecule has 5 nitrogen and oxygen atoms in total. The Balaban J connectivity index is 1.55. The zero-order valence-corrected chi connectivity index (χ0v) is 17.2. The number of carbonyl (C=O) groups excluding carboxylic acids is 2. The van der Waals surface area contributed by atoms with Crippen LogP contribution in [0.2, 0.25) is 5.02 Å². The van der Waals surface area contributed by atoms with E-state index in [4.69, 9.17) is 11.6 Å². The van der Waals surface area contributed by atoms with Crippen LogP contribution in [0.25, 0.3) is 5.65 Å². The van der Waals surface area contributed by atoms with Crippen LogP contribution in [0.1, 0.15) is 65.4 Å². The first-order chi connectivity index (χ1) is 14.1. The third kappa shape index (κ3) is 3.92. The highest BCUT2D eigenvalue weighted by molar-refractivity contribution is 6.30. The minimum absolute atomic E-state index is 0.0443. The van der Waals surface area contributed by atoms with E-state index in [1.807, 2.05) is 11.8 Å². The summed E-state index contributed by atoms with van der Waals surface area (Å²) in [6.07, 6.45) is 9.07. The third-order valence-electron chi connectivity index (χ3n) is 5.72. The molecule has 0 unspecified atom stereocenters. The highest BCUT2D eigenvalue weighted by Gasteiger charge is 2.25. The molecule has 2 heterocycles. The van der Waals surface area contributed by atoms with Crippen molar-refractivity contribution in [2.24, 2.45) is 0 Å². The summed E-state index contributed by atoms with van der Waals surface area (Å²) in [7, 11) is 0. The van der Waals surface area contributed by atoms with Crippen LogP contribution in [0.5, 0.6) is 0 Å². The smallest absolute Gasteiger partial charge is 0.254 e. The van der Waals surface area contributed by atoms with Crippen molar-refractivity contribution in [3.63, 3.8) is 0 Å². The van der Waals surface area contributed by atoms with Crippen LogP contribution in [-0.4, -0.2) is 38.6 Å². The molecule has 1 aliphatic carbocycles. The number of imidazole rings is 1. The number of carbonyl (C=O) groups is 2. The van der Waals surface area contributed by atoms with Crippen molar-refractivity contribution in [2.75, 3.05) is 6.54 Å². The first-order valence-electron chi connectivity index (χ1n) is 10.2. The summed E-state index contributed by atoms with van der Waals surface area (Å²) in [5, 5.41) is 0.573. The molecule has 0 N–H and O–H groups in total. The highest BCUT2D eigenvalue weighted by Crippen LogP contribution is 2.24. The highest BCUT2D eigenvalue weighted by atomic mass is 35.5. The van der Waals surface area contributed by atoms with Crippen LogP contribution in [-0.2, 0) is 0 Å². The minimum Gasteiger partial charge on any atom is -0.336 e. The lowest BCUT2D eigenvalue weighted by atomic mass is 9.93. The standard InChI is InChI=1S/C23H24ClN3O2/c1-2-26(19-6-4-3-5-7-19)23(29)17-10-8-16(9-11-17)22(28)20-15-25-21-14-18(24)12-13-27(20)21/h8-15,19H,2-7H2,1H3. The average molecular weight is 410 g/mol. The van der Waals surface area contributed by atoms with E-state index in [1.165, 1.54) is 19.3 Å². The molecule has 1 saturated carbocycles. The first-order valence-corrected chi connectivity index (χ1v) is 10.5. The van der Waals surface area contributed by atoms with Gasteiger partial charge < -0.3 is 4.90 Å². The van der Waals surface area contributed by atoms with Gasteiger partial charge in [0.25, 0.3) is 5.91 Å². The summed E-state index contributed by atoms with van der Waals surface area (Å²) in [5.74, 6) is -0.0960. The molecule has 0 saturated heterocycles. The van der Waals surface area contributed by atoms with E-state index in [0.717, 1.165) is 12.8 Å². The number of ketones is 1. The zero-order valence-electron chi connectivity index (χ0n) is 16.5. The van der Waals surface area contributed by atoms with Gasteiger partial charge in [-0.2, -0.15) is 0 Å². The molecule has 2 aromatic heterocycles. The second-order valence-corrected chi connectivity index (χ2v) is 7.94. The molecule has 1 aliphatic rings. The van der Waals surface area contributed by atoms with Crippen molar-refractivity contribution < 1.29 is 9.59 Å². The number of benzene rings is 1. The Morgan fingerprint density at radius 1 is 1.10 bits per heavy atom. The Kier molecular flexibility index (Phi) is 5.67. The second-order valence-electron chi connectivity index (χ2n) is 7.51. The van der Waals surface area contributed by atoms with Crippen LogP contribution in [0.3, 0.4) is 0 Å². The van der Waals surface area contributed by atoms with Crippen molar-refractivity contribution in [3.05, 3.63) is 70.6 Å². The quantitative estimate of drug-likeness (QED) is 0.556. The number of hydrogen-bond acceptors (Lipinski definition) is 3. The molecule has 0 radical (unpaired) electrons. The van der Waals surface area contributed by atoms with Crippen LogP contribution in [0.15, 0.2) is 48.8 Å². The van der Waals surface area contributed by atoms with E-state index < -0.39 is 0 Å². The molecule has 29 heavy (non-hydrogen) atoms. The Morgan fingerprint density at radius 2 is 1.79 bits per heavy atom. The molecule has 3 aromatic rings. The maximum Gasteiger partial charge on any atom is 0.254 e. The van der Waals surface area contributed by atoms with E-state index in [-0.39, 0.29) is 11.7 Å². The molecule has 0 atom stereocenters. The van der Waals surface area contributed by atoms with Gasteiger partial charge in [0.1, 0.15) is 11.3 Å². The molecule has 1 fully saturated rings. The van der Waals surface area contributed by atoms with Crippen LogP contribution in [0.4, 0.5) is 0 Å². The monoisotopic (exact) mass is 409 g/mol. The molecular formula is C23H24ClN3O2. The number of pyridine rings is 1. The number of hydrogen-bond donors (Lipinski definition) is 0. The molecule has 6 heteroatoms. The van der Waals surface area contributed by atoms with Gasteiger partial charge in [-0.15, -0.1) is 0 Å². The summed E-state index contributed by atoms with van der Waals surface area (Å²) in [6, 6.07) is 10.7. The maximum absolute atomic E-state index is 13.0. The zero-order chi connectivity index (χ0) is 20.4. The topological polar surface area (TPSA) is 54.7 Å². The lowest BCUT2D eigenvalue weighted by Crippen LogP contribution is -2.41. The summed E-state index contributed by atoms with van der Waals surface area (Å²) < 4.78 is 1.72. The van der Waals surface area contributed by atoms with Crippen molar-refractivity contribution >= 4 is 28.9 Å². The summed E-state index contributed by atoms with van der Waals surface area (Å²) >= 11 is 5.99. The predicted octanol–water partition coefficient (Wildman–Crippen LogP) is 5.01. The molecule has 1 amide bonds.